The number of methoxy groups -OCH3 is 2. The SMILES string of the molecule is COc1nc(-c2cccc(-c3cccc(-c4cc(C)c(CNCC5CC(O)C5)c(OC)n4)c3Cl)c2Cl)cnc1CNC[C@@H]1CCC(=O)N1. The summed E-state index contributed by atoms with van der Waals surface area (Å²) in [5.41, 5.74) is 6.91. The van der Waals surface area contributed by atoms with Crippen LogP contribution in [-0.4, -0.2) is 65.4 Å². The van der Waals surface area contributed by atoms with E-state index in [9.17, 15) is 9.90 Å². The fourth-order valence-electron chi connectivity index (χ4n) is 6.34. The number of carbonyl (C=O) groups excluding carboxylic acids is 1. The van der Waals surface area contributed by atoms with Gasteiger partial charge in [-0.25, -0.2) is 9.97 Å². The van der Waals surface area contributed by atoms with Crippen LogP contribution in [0.4, 0.5) is 0 Å². The molecule has 1 saturated heterocycles. The molecule has 2 aromatic carbocycles. The van der Waals surface area contributed by atoms with Gasteiger partial charge < -0.3 is 30.5 Å². The number of hydrogen-bond donors (Lipinski definition) is 4. The van der Waals surface area contributed by atoms with E-state index in [-0.39, 0.29) is 18.1 Å². The van der Waals surface area contributed by atoms with Crippen LogP contribution in [0.15, 0.2) is 48.7 Å². The molecule has 2 aliphatic rings. The summed E-state index contributed by atoms with van der Waals surface area (Å²) in [7, 11) is 3.19. The van der Waals surface area contributed by atoms with Crippen LogP contribution in [0.25, 0.3) is 33.6 Å². The number of aliphatic hydroxyl groups is 1. The summed E-state index contributed by atoms with van der Waals surface area (Å²) >= 11 is 14.2. The van der Waals surface area contributed by atoms with Gasteiger partial charge in [-0.15, -0.1) is 0 Å². The molecule has 10 nitrogen and oxygen atoms in total. The van der Waals surface area contributed by atoms with Gasteiger partial charge in [0, 0.05) is 59.9 Å². The van der Waals surface area contributed by atoms with Crippen molar-refractivity contribution >= 4 is 29.1 Å². The fraction of sp³-hybridized carbons (Fsp3) is 0.389. The number of carbonyl (C=O) groups is 1. The highest BCUT2D eigenvalue weighted by molar-refractivity contribution is 6.39. The Balaban J connectivity index is 1.23. The Hall–Kier alpha value is -3.80. The molecule has 2 aromatic heterocycles. The normalized spacial score (nSPS) is 18.8. The van der Waals surface area contributed by atoms with Crippen LogP contribution >= 0.6 is 23.2 Å². The van der Waals surface area contributed by atoms with Gasteiger partial charge in [-0.3, -0.25) is 9.78 Å². The van der Waals surface area contributed by atoms with Crippen LogP contribution < -0.4 is 25.4 Å². The Morgan fingerprint density at radius 2 is 1.52 bits per heavy atom. The molecule has 6 rings (SSSR count). The molecule has 4 aromatic rings. The first-order valence-corrected chi connectivity index (χ1v) is 16.9. The first-order valence-electron chi connectivity index (χ1n) is 16.2. The van der Waals surface area contributed by atoms with Gasteiger partial charge in [0.2, 0.25) is 17.7 Å². The zero-order valence-corrected chi connectivity index (χ0v) is 28.8. The van der Waals surface area contributed by atoms with Gasteiger partial charge >= 0.3 is 0 Å². The van der Waals surface area contributed by atoms with E-state index in [2.05, 4.69) is 20.9 Å². The minimum absolute atomic E-state index is 0.0859. The molecule has 1 atom stereocenters. The summed E-state index contributed by atoms with van der Waals surface area (Å²) in [6, 6.07) is 13.7. The molecule has 1 saturated carbocycles. The number of halogens is 2. The number of hydrogen-bond acceptors (Lipinski definition) is 9. The number of amides is 1. The number of aryl methyl sites for hydroxylation is 1. The maximum Gasteiger partial charge on any atom is 0.237 e. The van der Waals surface area contributed by atoms with Gasteiger partial charge in [-0.05, 0) is 50.3 Å². The molecule has 0 spiro atoms. The molecule has 1 aliphatic heterocycles. The highest BCUT2D eigenvalue weighted by atomic mass is 35.5. The fourth-order valence-corrected chi connectivity index (χ4v) is 6.99. The minimum Gasteiger partial charge on any atom is -0.481 e. The van der Waals surface area contributed by atoms with Crippen molar-refractivity contribution in [2.45, 2.75) is 57.8 Å². The Labute approximate surface area is 290 Å². The number of pyridine rings is 1. The number of aromatic nitrogens is 3. The number of ether oxygens (including phenoxy) is 2. The average molecular weight is 692 g/mol. The lowest BCUT2D eigenvalue weighted by Gasteiger charge is -2.31. The van der Waals surface area contributed by atoms with E-state index in [1.165, 1.54) is 0 Å². The molecule has 0 bridgehead atoms. The molecule has 2 fully saturated rings. The summed E-state index contributed by atoms with van der Waals surface area (Å²) in [4.78, 5) is 25.7. The zero-order chi connectivity index (χ0) is 33.8. The highest BCUT2D eigenvalue weighted by Gasteiger charge is 2.27. The van der Waals surface area contributed by atoms with E-state index in [1.807, 2.05) is 49.4 Å². The summed E-state index contributed by atoms with van der Waals surface area (Å²) < 4.78 is 11.3. The summed E-state index contributed by atoms with van der Waals surface area (Å²) in [6.07, 6.45) is 4.59. The van der Waals surface area contributed by atoms with Crippen LogP contribution in [0.3, 0.4) is 0 Å². The van der Waals surface area contributed by atoms with Crippen molar-refractivity contribution in [1.29, 1.82) is 0 Å². The third kappa shape index (κ3) is 7.43. The van der Waals surface area contributed by atoms with Crippen LogP contribution in [0, 0.1) is 12.8 Å². The molecule has 12 heteroatoms. The lowest BCUT2D eigenvalue weighted by Crippen LogP contribution is -2.36. The summed E-state index contributed by atoms with van der Waals surface area (Å²) in [5, 5.41) is 20.4. The smallest absolute Gasteiger partial charge is 0.237 e. The van der Waals surface area contributed by atoms with Gasteiger partial charge in [0.25, 0.3) is 0 Å². The minimum atomic E-state index is -0.163. The van der Waals surface area contributed by atoms with Crippen LogP contribution in [-0.2, 0) is 17.9 Å². The van der Waals surface area contributed by atoms with Crippen LogP contribution in [0.5, 0.6) is 11.8 Å². The third-order valence-corrected chi connectivity index (χ3v) is 9.88. The van der Waals surface area contributed by atoms with E-state index in [4.69, 9.17) is 42.6 Å². The second-order valence-electron chi connectivity index (χ2n) is 12.4. The molecule has 0 unspecified atom stereocenters. The van der Waals surface area contributed by atoms with Gasteiger partial charge in [0.1, 0.15) is 5.69 Å². The number of nitrogens with zero attached hydrogens (tertiary/aromatic N) is 3. The molecule has 1 aliphatic carbocycles. The Kier molecular flexibility index (Phi) is 10.8. The quantitative estimate of drug-likeness (QED) is 0.139. The van der Waals surface area contributed by atoms with Crippen molar-refractivity contribution in [3.05, 3.63) is 75.5 Å². The van der Waals surface area contributed by atoms with Crippen molar-refractivity contribution in [3.8, 4) is 45.4 Å². The standard InChI is InChI=1S/C36H40Cl2N6O4/c1-20-12-29(43-35(47-2)28(20)17-39-15-21-13-23(45)14-21)26-8-4-6-24(33(26)37)25-7-5-9-27(34(25)38)30-19-41-31(36(44-30)48-3)18-40-16-22-10-11-32(46)42-22/h4-9,12,19,21-23,39-40,45H,10-11,13-18H2,1-3H3,(H,42,46)/t21?,22-,23?/m0/s1. The largest absolute Gasteiger partial charge is 0.481 e. The van der Waals surface area contributed by atoms with Gasteiger partial charge in [-0.1, -0.05) is 59.6 Å². The molecular weight excluding hydrogens is 651 g/mol. The van der Waals surface area contributed by atoms with Crippen molar-refractivity contribution in [2.75, 3.05) is 27.3 Å². The second kappa shape index (κ2) is 15.2. The van der Waals surface area contributed by atoms with Crippen LogP contribution in [0.1, 0.15) is 42.5 Å². The topological polar surface area (TPSA) is 131 Å². The van der Waals surface area contributed by atoms with Crippen molar-refractivity contribution in [3.63, 3.8) is 0 Å². The maximum atomic E-state index is 11.5. The van der Waals surface area contributed by atoms with Gasteiger partial charge in [0.05, 0.1) is 48.0 Å². The molecule has 1 amide bonds. The summed E-state index contributed by atoms with van der Waals surface area (Å²) in [6.45, 7) is 4.59. The third-order valence-electron chi connectivity index (χ3n) is 9.06. The average Bonchev–Trinajstić information content (AvgIpc) is 3.49. The number of aliphatic hydroxyl groups excluding tert-OH is 1. The van der Waals surface area contributed by atoms with Gasteiger partial charge in [-0.2, -0.15) is 0 Å². The van der Waals surface area contributed by atoms with Crippen molar-refractivity contribution < 1.29 is 19.4 Å². The predicted molar refractivity (Wildman–Crippen MR) is 187 cm³/mol. The van der Waals surface area contributed by atoms with Crippen molar-refractivity contribution in [2.24, 2.45) is 5.92 Å². The lowest BCUT2D eigenvalue weighted by molar-refractivity contribution is -0.119. The maximum absolute atomic E-state index is 11.5. The lowest BCUT2D eigenvalue weighted by atomic mass is 9.82. The predicted octanol–water partition coefficient (Wildman–Crippen LogP) is 5.73. The zero-order valence-electron chi connectivity index (χ0n) is 27.3. The van der Waals surface area contributed by atoms with E-state index in [0.29, 0.717) is 76.4 Å². The Morgan fingerprint density at radius 1 is 0.896 bits per heavy atom. The molecule has 48 heavy (non-hydrogen) atoms. The van der Waals surface area contributed by atoms with Gasteiger partial charge in [0.15, 0.2) is 0 Å². The number of rotatable bonds is 13. The van der Waals surface area contributed by atoms with E-state index in [0.717, 1.165) is 53.6 Å². The Bertz CT molecular complexity index is 1800. The second-order valence-corrected chi connectivity index (χ2v) is 13.2. The molecule has 0 radical (unpaired) electrons. The monoisotopic (exact) mass is 690 g/mol. The van der Waals surface area contributed by atoms with E-state index < -0.39 is 0 Å². The first kappa shape index (κ1) is 34.1. The van der Waals surface area contributed by atoms with E-state index in [1.54, 1.807) is 20.4 Å². The van der Waals surface area contributed by atoms with Crippen LogP contribution in [0.2, 0.25) is 10.0 Å². The molecular formula is C36H40Cl2N6O4. The first-order chi connectivity index (χ1) is 23.2. The molecule has 3 heterocycles. The number of benzene rings is 2. The summed E-state index contributed by atoms with van der Waals surface area (Å²) in [5.74, 6) is 1.53. The Morgan fingerprint density at radius 3 is 2.15 bits per heavy atom. The highest BCUT2D eigenvalue weighted by Crippen LogP contribution is 2.42. The molecule has 4 N–H and O–H groups in total. The van der Waals surface area contributed by atoms with E-state index >= 15 is 0 Å². The van der Waals surface area contributed by atoms with Crippen molar-refractivity contribution in [1.82, 2.24) is 30.9 Å². The molecule has 252 valence electrons. The number of nitrogens with one attached hydrogen (secondary N) is 3.